The van der Waals surface area contributed by atoms with Crippen molar-refractivity contribution in [1.82, 2.24) is 5.32 Å². The van der Waals surface area contributed by atoms with Crippen LogP contribution >= 0.6 is 0 Å². The molecular weight excluding hydrogens is 316 g/mol. The van der Waals surface area contributed by atoms with Gasteiger partial charge in [0.2, 0.25) is 10.0 Å². The lowest BCUT2D eigenvalue weighted by Gasteiger charge is -2.28. The summed E-state index contributed by atoms with van der Waals surface area (Å²) in [6.45, 7) is 0. The Kier molecular flexibility index (Phi) is 5.64. The lowest BCUT2D eigenvalue weighted by molar-refractivity contribution is 0.0599. The zero-order valence-corrected chi connectivity index (χ0v) is 14.6. The van der Waals surface area contributed by atoms with E-state index in [2.05, 4.69) is 5.32 Å². The summed E-state index contributed by atoms with van der Waals surface area (Å²) in [5.41, 5.74) is 1.06. The molecule has 7 heteroatoms. The van der Waals surface area contributed by atoms with Crippen LogP contribution in [0.4, 0.5) is 5.69 Å². The third kappa shape index (κ3) is 4.68. The average Bonchev–Trinajstić information content (AvgIpc) is 2.54. The zero-order valence-electron chi connectivity index (χ0n) is 13.8. The fourth-order valence-electron chi connectivity index (χ4n) is 2.73. The average molecular weight is 340 g/mol. The summed E-state index contributed by atoms with van der Waals surface area (Å²) >= 11 is 0. The van der Waals surface area contributed by atoms with E-state index in [1.54, 1.807) is 31.4 Å². The summed E-state index contributed by atoms with van der Waals surface area (Å²) < 4.78 is 29.5. The van der Waals surface area contributed by atoms with E-state index in [9.17, 15) is 13.2 Å². The van der Waals surface area contributed by atoms with E-state index in [0.29, 0.717) is 17.4 Å². The number of rotatable bonds is 5. The molecule has 0 spiro atoms. The maximum atomic E-state index is 12.3. The summed E-state index contributed by atoms with van der Waals surface area (Å²) in [4.78, 5) is 12.3. The number of ether oxygens (including phenoxy) is 1. The van der Waals surface area contributed by atoms with Crippen LogP contribution < -0.4 is 9.62 Å². The van der Waals surface area contributed by atoms with Crippen LogP contribution in [0, 0.1) is 0 Å². The van der Waals surface area contributed by atoms with Gasteiger partial charge < -0.3 is 10.1 Å². The molecule has 0 unspecified atom stereocenters. The van der Waals surface area contributed by atoms with Crippen LogP contribution in [0.1, 0.15) is 36.0 Å². The van der Waals surface area contributed by atoms with Gasteiger partial charge in [0.1, 0.15) is 0 Å². The van der Waals surface area contributed by atoms with Crippen molar-refractivity contribution in [2.24, 2.45) is 0 Å². The van der Waals surface area contributed by atoms with E-state index in [4.69, 9.17) is 4.74 Å². The van der Waals surface area contributed by atoms with Crippen LogP contribution in [0.15, 0.2) is 24.3 Å². The van der Waals surface area contributed by atoms with Gasteiger partial charge in [-0.3, -0.25) is 9.10 Å². The molecule has 0 heterocycles. The van der Waals surface area contributed by atoms with Crippen molar-refractivity contribution in [2.45, 2.75) is 37.8 Å². The summed E-state index contributed by atoms with van der Waals surface area (Å²) in [5.74, 6) is -0.126. The maximum absolute atomic E-state index is 12.3. The van der Waals surface area contributed by atoms with E-state index in [1.165, 1.54) is 11.4 Å². The monoisotopic (exact) mass is 340 g/mol. The Bertz CT molecular complexity index is 635. The molecule has 6 nitrogen and oxygen atoms in total. The van der Waals surface area contributed by atoms with Gasteiger partial charge in [0.15, 0.2) is 0 Å². The minimum atomic E-state index is -3.30. The van der Waals surface area contributed by atoms with Crippen LogP contribution in [-0.4, -0.2) is 46.9 Å². The quantitative estimate of drug-likeness (QED) is 0.886. The Hall–Kier alpha value is -1.60. The molecule has 1 aromatic carbocycles. The third-order valence-electron chi connectivity index (χ3n) is 4.33. The van der Waals surface area contributed by atoms with E-state index < -0.39 is 10.0 Å². The van der Waals surface area contributed by atoms with Gasteiger partial charge in [-0.05, 0) is 49.9 Å². The summed E-state index contributed by atoms with van der Waals surface area (Å²) in [5, 5.41) is 3.03. The Morgan fingerprint density at radius 3 is 2.22 bits per heavy atom. The molecule has 0 atom stereocenters. The molecule has 128 valence electrons. The van der Waals surface area contributed by atoms with Crippen molar-refractivity contribution in [3.63, 3.8) is 0 Å². The van der Waals surface area contributed by atoms with Gasteiger partial charge in [-0.1, -0.05) is 0 Å². The maximum Gasteiger partial charge on any atom is 0.251 e. The molecule has 1 aliphatic rings. The Labute approximate surface area is 137 Å². The van der Waals surface area contributed by atoms with Gasteiger partial charge in [0.25, 0.3) is 5.91 Å². The molecule has 0 radical (unpaired) electrons. The number of anilines is 1. The second kappa shape index (κ2) is 7.31. The highest BCUT2D eigenvalue weighted by Gasteiger charge is 2.22. The first-order valence-electron chi connectivity index (χ1n) is 7.69. The lowest BCUT2D eigenvalue weighted by atomic mass is 9.93. The predicted octanol–water partition coefficient (Wildman–Crippen LogP) is 1.77. The molecule has 1 N–H and O–H groups in total. The van der Waals surface area contributed by atoms with E-state index >= 15 is 0 Å². The number of carbonyl (C=O) groups excluding carboxylic acids is 1. The van der Waals surface area contributed by atoms with Gasteiger partial charge in [0, 0.05) is 25.8 Å². The standard InChI is InChI=1S/C16H24N2O4S/c1-18(23(3,20)21)14-8-4-12(5-9-14)16(19)17-13-6-10-15(22-2)11-7-13/h4-5,8-9,13,15H,6-7,10-11H2,1-3H3,(H,17,19). The Morgan fingerprint density at radius 2 is 1.74 bits per heavy atom. The number of amides is 1. The molecule has 0 aliphatic heterocycles. The first-order chi connectivity index (χ1) is 10.8. The van der Waals surface area contributed by atoms with Gasteiger partial charge in [-0.25, -0.2) is 8.42 Å². The van der Waals surface area contributed by atoms with Crippen LogP contribution in [0.2, 0.25) is 0 Å². The largest absolute Gasteiger partial charge is 0.381 e. The first kappa shape index (κ1) is 17.7. The van der Waals surface area contributed by atoms with Crippen molar-refractivity contribution in [2.75, 3.05) is 24.7 Å². The number of sulfonamides is 1. The van der Waals surface area contributed by atoms with Crippen molar-refractivity contribution >= 4 is 21.6 Å². The molecule has 0 aromatic heterocycles. The Balaban J connectivity index is 1.96. The third-order valence-corrected chi connectivity index (χ3v) is 5.54. The van der Waals surface area contributed by atoms with Crippen molar-refractivity contribution in [3.05, 3.63) is 29.8 Å². The van der Waals surface area contributed by atoms with Crippen LogP contribution in [0.5, 0.6) is 0 Å². The lowest BCUT2D eigenvalue weighted by Crippen LogP contribution is -2.38. The SMILES string of the molecule is COC1CCC(NC(=O)c2ccc(N(C)S(C)(=O)=O)cc2)CC1. The van der Waals surface area contributed by atoms with Gasteiger partial charge >= 0.3 is 0 Å². The molecule has 1 aromatic rings. The molecule has 0 bridgehead atoms. The molecule has 0 saturated heterocycles. The molecule has 1 aliphatic carbocycles. The zero-order chi connectivity index (χ0) is 17.0. The second-order valence-corrected chi connectivity index (χ2v) is 7.97. The van der Waals surface area contributed by atoms with E-state index in [1.807, 2.05) is 0 Å². The number of methoxy groups -OCH3 is 1. The minimum Gasteiger partial charge on any atom is -0.381 e. The minimum absolute atomic E-state index is 0.126. The van der Waals surface area contributed by atoms with Gasteiger partial charge in [-0.15, -0.1) is 0 Å². The van der Waals surface area contributed by atoms with E-state index in [0.717, 1.165) is 31.9 Å². The Morgan fingerprint density at radius 1 is 1.17 bits per heavy atom. The normalized spacial score (nSPS) is 21.7. The second-order valence-electron chi connectivity index (χ2n) is 5.96. The highest BCUT2D eigenvalue weighted by molar-refractivity contribution is 7.92. The number of hydrogen-bond donors (Lipinski definition) is 1. The summed E-state index contributed by atoms with van der Waals surface area (Å²) in [6, 6.07) is 6.74. The number of nitrogens with one attached hydrogen (secondary N) is 1. The smallest absolute Gasteiger partial charge is 0.251 e. The first-order valence-corrected chi connectivity index (χ1v) is 9.53. The van der Waals surface area contributed by atoms with Crippen LogP contribution in [0.3, 0.4) is 0 Å². The van der Waals surface area contributed by atoms with E-state index in [-0.39, 0.29) is 11.9 Å². The van der Waals surface area contributed by atoms with Crippen molar-refractivity contribution < 1.29 is 17.9 Å². The summed E-state index contributed by atoms with van der Waals surface area (Å²) in [6.07, 6.45) is 5.19. The van der Waals surface area contributed by atoms with Gasteiger partial charge in [0.05, 0.1) is 18.0 Å². The fraction of sp³-hybridized carbons (Fsp3) is 0.562. The predicted molar refractivity (Wildman–Crippen MR) is 90.2 cm³/mol. The highest BCUT2D eigenvalue weighted by atomic mass is 32.2. The molecule has 23 heavy (non-hydrogen) atoms. The molecule has 1 amide bonds. The van der Waals surface area contributed by atoms with Gasteiger partial charge in [-0.2, -0.15) is 0 Å². The summed E-state index contributed by atoms with van der Waals surface area (Å²) in [7, 11) is -0.0929. The topological polar surface area (TPSA) is 75.7 Å². The molecule has 1 fully saturated rings. The molecule has 1 saturated carbocycles. The number of benzene rings is 1. The number of hydrogen-bond acceptors (Lipinski definition) is 4. The van der Waals surface area contributed by atoms with Crippen molar-refractivity contribution in [3.8, 4) is 0 Å². The number of nitrogens with zero attached hydrogens (tertiary/aromatic N) is 1. The van der Waals surface area contributed by atoms with Crippen LogP contribution in [-0.2, 0) is 14.8 Å². The van der Waals surface area contributed by atoms with Crippen molar-refractivity contribution in [1.29, 1.82) is 0 Å². The molecule has 2 rings (SSSR count). The number of carbonyl (C=O) groups is 1. The fourth-order valence-corrected chi connectivity index (χ4v) is 3.23. The van der Waals surface area contributed by atoms with Crippen LogP contribution in [0.25, 0.3) is 0 Å². The highest BCUT2D eigenvalue weighted by Crippen LogP contribution is 2.21. The molecular formula is C16H24N2O4S.